The van der Waals surface area contributed by atoms with Crippen molar-refractivity contribution in [3.05, 3.63) is 0 Å². The predicted octanol–water partition coefficient (Wildman–Crippen LogP) is 0.583. The number of terminal acetylenes is 2. The molecule has 5 nitrogen and oxygen atoms in total. The molecule has 0 aromatic carbocycles. The molecule has 0 fully saturated rings. The van der Waals surface area contributed by atoms with Gasteiger partial charge in [-0.15, -0.1) is 0 Å². The van der Waals surface area contributed by atoms with Crippen molar-refractivity contribution in [1.29, 1.82) is 0 Å². The van der Waals surface area contributed by atoms with E-state index >= 15 is 0 Å². The number of quaternary nitrogens is 1. The van der Waals surface area contributed by atoms with E-state index < -0.39 is 6.10 Å². The first-order chi connectivity index (χ1) is 5.85. The first-order valence-corrected chi connectivity index (χ1v) is 3.16. The van der Waals surface area contributed by atoms with Gasteiger partial charge >= 0.3 is 0 Å². The Balaban J connectivity index is -0.000000202. The van der Waals surface area contributed by atoms with Gasteiger partial charge in [0.05, 0.1) is 0 Å². The molecular weight excluding hydrogens is 198 g/mol. The van der Waals surface area contributed by atoms with Crippen LogP contribution in [-0.4, -0.2) is 19.3 Å². The summed E-state index contributed by atoms with van der Waals surface area (Å²) in [6.07, 6.45) is 12.8. The standard InChI is InChI=1S/C7H9NO4.3CH4/c1-3-9-11-6-7(5-8)12-10-4-2;;;/h1-2,7H,5-6,8H2;3*1H4/p+1. The van der Waals surface area contributed by atoms with Gasteiger partial charge < -0.3 is 5.73 Å². The van der Waals surface area contributed by atoms with Gasteiger partial charge in [-0.1, -0.05) is 35.1 Å². The van der Waals surface area contributed by atoms with Crippen LogP contribution in [-0.2, 0) is 19.6 Å². The lowest BCUT2D eigenvalue weighted by Gasteiger charge is -2.07. The van der Waals surface area contributed by atoms with Gasteiger partial charge in [-0.2, -0.15) is 9.78 Å². The van der Waals surface area contributed by atoms with E-state index in [1.165, 1.54) is 0 Å². The molecule has 1 atom stereocenters. The Morgan fingerprint density at radius 1 is 1.07 bits per heavy atom. The molecule has 0 saturated heterocycles. The third-order valence-electron chi connectivity index (χ3n) is 0.915. The average molecular weight is 220 g/mol. The van der Waals surface area contributed by atoms with E-state index in [9.17, 15) is 0 Å². The second-order valence-electron chi connectivity index (χ2n) is 1.69. The SMILES string of the molecule is C.C.C.C#COOCC(C[NH3+])OOC#C. The fraction of sp³-hybridized carbons (Fsp3) is 0.600. The second-order valence-corrected chi connectivity index (χ2v) is 1.69. The molecule has 0 aromatic heterocycles. The highest BCUT2D eigenvalue weighted by atomic mass is 17.2. The van der Waals surface area contributed by atoms with E-state index in [4.69, 9.17) is 12.8 Å². The van der Waals surface area contributed by atoms with Crippen molar-refractivity contribution in [1.82, 2.24) is 0 Å². The molecule has 0 aromatic rings. The van der Waals surface area contributed by atoms with Crippen LogP contribution in [0.2, 0.25) is 0 Å². The molecule has 5 heteroatoms. The van der Waals surface area contributed by atoms with Gasteiger partial charge in [-0.05, 0) is 0 Å². The fourth-order valence-electron chi connectivity index (χ4n) is 0.399. The Hall–Kier alpha value is -1.40. The maximum atomic E-state index is 4.76. The van der Waals surface area contributed by atoms with E-state index in [2.05, 4.69) is 25.3 Å². The summed E-state index contributed by atoms with van der Waals surface area (Å²) in [7, 11) is 0. The molecule has 0 amide bonds. The minimum absolute atomic E-state index is 0. The van der Waals surface area contributed by atoms with Gasteiger partial charge in [0.25, 0.3) is 0 Å². The number of hydrogen-bond donors (Lipinski definition) is 1. The van der Waals surface area contributed by atoms with Crippen LogP contribution in [0.5, 0.6) is 0 Å². The van der Waals surface area contributed by atoms with Crippen molar-refractivity contribution in [2.24, 2.45) is 0 Å². The zero-order chi connectivity index (χ0) is 9.23. The minimum atomic E-state index is -0.394. The Kier molecular flexibility index (Phi) is 28.7. The van der Waals surface area contributed by atoms with Crippen molar-refractivity contribution in [3.63, 3.8) is 0 Å². The van der Waals surface area contributed by atoms with Gasteiger partial charge in [-0.3, -0.25) is 9.78 Å². The van der Waals surface area contributed by atoms with Crippen LogP contribution in [0.1, 0.15) is 22.3 Å². The van der Waals surface area contributed by atoms with Crippen molar-refractivity contribution in [2.45, 2.75) is 28.4 Å². The lowest BCUT2D eigenvalue weighted by Crippen LogP contribution is -2.57. The lowest BCUT2D eigenvalue weighted by molar-refractivity contribution is -0.424. The van der Waals surface area contributed by atoms with Crippen LogP contribution in [0.15, 0.2) is 0 Å². The van der Waals surface area contributed by atoms with Crippen LogP contribution < -0.4 is 5.73 Å². The molecule has 0 bridgehead atoms. The number of rotatable bonds is 6. The molecule has 90 valence electrons. The van der Waals surface area contributed by atoms with Gasteiger partial charge in [-0.25, -0.2) is 0 Å². The summed E-state index contributed by atoms with van der Waals surface area (Å²) in [4.78, 5) is 17.5. The van der Waals surface area contributed by atoms with Crippen molar-refractivity contribution < 1.29 is 25.3 Å². The summed E-state index contributed by atoms with van der Waals surface area (Å²) in [5.74, 6) is 0. The predicted molar refractivity (Wildman–Crippen MR) is 58.6 cm³/mol. The molecule has 0 radical (unpaired) electrons. The van der Waals surface area contributed by atoms with Crippen LogP contribution in [0.4, 0.5) is 0 Å². The quantitative estimate of drug-likeness (QED) is 0.308. The van der Waals surface area contributed by atoms with Crippen molar-refractivity contribution in [3.8, 4) is 25.1 Å². The van der Waals surface area contributed by atoms with Crippen molar-refractivity contribution in [2.75, 3.05) is 13.2 Å². The molecule has 0 aliphatic carbocycles. The van der Waals surface area contributed by atoms with Gasteiger partial charge in [0, 0.05) is 0 Å². The molecule has 0 spiro atoms. The minimum Gasteiger partial charge on any atom is -0.355 e. The Morgan fingerprint density at radius 3 is 2.00 bits per heavy atom. The van der Waals surface area contributed by atoms with E-state index in [0.717, 1.165) is 0 Å². The Labute approximate surface area is 92.7 Å². The molecule has 15 heavy (non-hydrogen) atoms. The summed E-state index contributed by atoms with van der Waals surface area (Å²) in [6.45, 7) is 0.533. The molecular formula is C10H22NO4+. The van der Waals surface area contributed by atoms with E-state index in [-0.39, 0.29) is 28.9 Å². The third-order valence-corrected chi connectivity index (χ3v) is 0.915. The largest absolute Gasteiger partial charge is 0.355 e. The highest BCUT2D eigenvalue weighted by Crippen LogP contribution is 1.91. The lowest BCUT2D eigenvalue weighted by atomic mass is 10.4. The molecule has 0 saturated carbocycles. The zero-order valence-electron chi connectivity index (χ0n) is 6.49. The highest BCUT2D eigenvalue weighted by Gasteiger charge is 2.11. The maximum absolute atomic E-state index is 4.76. The summed E-state index contributed by atoms with van der Waals surface area (Å²) in [5.41, 5.74) is 3.56. The summed E-state index contributed by atoms with van der Waals surface area (Å²) >= 11 is 0. The van der Waals surface area contributed by atoms with Crippen LogP contribution in [0.25, 0.3) is 0 Å². The molecule has 0 heterocycles. The zero-order valence-corrected chi connectivity index (χ0v) is 6.49. The molecule has 3 N–H and O–H groups in total. The van der Waals surface area contributed by atoms with Gasteiger partial charge in [0.15, 0.2) is 18.3 Å². The van der Waals surface area contributed by atoms with Gasteiger partial charge in [0.1, 0.15) is 13.2 Å². The normalized spacial score (nSPS) is 8.73. The fourth-order valence-corrected chi connectivity index (χ4v) is 0.399. The monoisotopic (exact) mass is 220 g/mol. The third kappa shape index (κ3) is 15.4. The van der Waals surface area contributed by atoms with E-state index in [0.29, 0.717) is 6.54 Å². The smallest absolute Gasteiger partial charge is 0.181 e. The van der Waals surface area contributed by atoms with Crippen LogP contribution in [0, 0.1) is 25.1 Å². The second kappa shape index (κ2) is 18.4. The highest BCUT2D eigenvalue weighted by molar-refractivity contribution is 4.66. The topological polar surface area (TPSA) is 64.6 Å². The Morgan fingerprint density at radius 2 is 1.60 bits per heavy atom. The molecule has 0 aliphatic heterocycles. The molecule has 0 rings (SSSR count). The molecule has 0 aliphatic rings. The summed E-state index contributed by atoms with van der Waals surface area (Å²) < 4.78 is 0. The Bertz CT molecular complexity index is 183. The van der Waals surface area contributed by atoms with Crippen molar-refractivity contribution >= 4 is 0 Å². The van der Waals surface area contributed by atoms with Crippen LogP contribution in [0.3, 0.4) is 0 Å². The first kappa shape index (κ1) is 23.4. The van der Waals surface area contributed by atoms with Crippen LogP contribution >= 0.6 is 0 Å². The molecule has 1 unspecified atom stereocenters. The number of hydrogen-bond acceptors (Lipinski definition) is 4. The average Bonchev–Trinajstić information content (AvgIpc) is 2.11. The first-order valence-electron chi connectivity index (χ1n) is 3.16. The van der Waals surface area contributed by atoms with E-state index in [1.54, 1.807) is 0 Å². The summed E-state index contributed by atoms with van der Waals surface area (Å²) in [5, 5.41) is 0. The summed E-state index contributed by atoms with van der Waals surface area (Å²) in [6, 6.07) is 0. The van der Waals surface area contributed by atoms with E-state index in [1.807, 2.05) is 12.2 Å². The van der Waals surface area contributed by atoms with Gasteiger partial charge in [0.2, 0.25) is 0 Å². The maximum Gasteiger partial charge on any atom is 0.181 e.